The Morgan fingerprint density at radius 1 is 0.900 bits per heavy atom. The molecule has 57 valence electrons. The molecule has 0 heterocycles. The molecule has 0 aliphatic rings. The zero-order valence-corrected chi connectivity index (χ0v) is 10.1. The van der Waals surface area contributed by atoms with Crippen molar-refractivity contribution in [1.82, 2.24) is 0 Å². The molecule has 0 aliphatic heterocycles. The van der Waals surface area contributed by atoms with E-state index < -0.39 is 0 Å². The molecule has 0 fully saturated rings. The van der Waals surface area contributed by atoms with E-state index >= 15 is 0 Å². The summed E-state index contributed by atoms with van der Waals surface area (Å²) < 4.78 is 0. The molecule has 0 N–H and O–H groups in total. The Kier molecular flexibility index (Phi) is 17.9. The first-order chi connectivity index (χ1) is 4.41. The van der Waals surface area contributed by atoms with Crippen molar-refractivity contribution in [3.05, 3.63) is 0 Å². The molecule has 0 unspecified atom stereocenters. The van der Waals surface area contributed by atoms with E-state index in [0.717, 1.165) is 5.88 Å². The van der Waals surface area contributed by atoms with Gasteiger partial charge in [-0.2, -0.15) is 0 Å². The Balaban J connectivity index is 0. The molecule has 0 nitrogen and oxygen atoms in total. The SMILES string of the molecule is CCCCCCCCCl.[Na]. The molecule has 0 rings (SSSR count). The molecule has 0 aromatic carbocycles. The van der Waals surface area contributed by atoms with Gasteiger partial charge in [-0.3, -0.25) is 0 Å². The minimum Gasteiger partial charge on any atom is -0.127 e. The summed E-state index contributed by atoms with van der Waals surface area (Å²) in [7, 11) is 0. The van der Waals surface area contributed by atoms with Crippen molar-refractivity contribution in [3.8, 4) is 0 Å². The third kappa shape index (κ3) is 12.0. The second kappa shape index (κ2) is 12.9. The second-order valence-corrected chi connectivity index (χ2v) is 2.83. The second-order valence-electron chi connectivity index (χ2n) is 2.46. The van der Waals surface area contributed by atoms with Crippen LogP contribution in [0.4, 0.5) is 0 Å². The molecule has 0 bridgehead atoms. The van der Waals surface area contributed by atoms with Crippen molar-refractivity contribution in [2.24, 2.45) is 0 Å². The van der Waals surface area contributed by atoms with E-state index in [1.54, 1.807) is 0 Å². The summed E-state index contributed by atoms with van der Waals surface area (Å²) in [5.74, 6) is 0.839. The van der Waals surface area contributed by atoms with Crippen LogP contribution in [0.5, 0.6) is 0 Å². The van der Waals surface area contributed by atoms with Crippen LogP contribution < -0.4 is 0 Å². The van der Waals surface area contributed by atoms with E-state index in [2.05, 4.69) is 6.92 Å². The number of unbranched alkanes of at least 4 members (excludes halogenated alkanes) is 5. The van der Waals surface area contributed by atoms with Gasteiger partial charge in [-0.1, -0.05) is 39.0 Å². The van der Waals surface area contributed by atoms with Gasteiger partial charge in [-0.25, -0.2) is 0 Å². The predicted molar refractivity (Wildman–Crippen MR) is 49.9 cm³/mol. The molecule has 1 radical (unpaired) electrons. The van der Waals surface area contributed by atoms with Crippen LogP contribution >= 0.6 is 11.6 Å². The number of hydrogen-bond acceptors (Lipinski definition) is 0. The van der Waals surface area contributed by atoms with Crippen LogP contribution in [0.1, 0.15) is 45.4 Å². The fraction of sp³-hybridized carbons (Fsp3) is 1.00. The number of halogens is 1. The van der Waals surface area contributed by atoms with E-state index in [1.807, 2.05) is 0 Å². The van der Waals surface area contributed by atoms with E-state index in [0.29, 0.717) is 0 Å². The first kappa shape index (κ1) is 13.9. The number of hydrogen-bond donors (Lipinski definition) is 0. The largest absolute Gasteiger partial charge is 0.127 e. The average Bonchev–Trinajstić information content (AvgIpc) is 1.89. The third-order valence-electron chi connectivity index (χ3n) is 1.49. The Morgan fingerprint density at radius 3 is 1.90 bits per heavy atom. The van der Waals surface area contributed by atoms with Crippen molar-refractivity contribution >= 4 is 41.2 Å². The Morgan fingerprint density at radius 2 is 1.40 bits per heavy atom. The summed E-state index contributed by atoms with van der Waals surface area (Å²) >= 11 is 5.51. The number of rotatable bonds is 6. The fourth-order valence-corrected chi connectivity index (χ4v) is 1.06. The van der Waals surface area contributed by atoms with E-state index in [9.17, 15) is 0 Å². The van der Waals surface area contributed by atoms with Crippen LogP contribution in [0.25, 0.3) is 0 Å². The molecule has 0 atom stereocenters. The van der Waals surface area contributed by atoms with E-state index in [1.165, 1.54) is 38.5 Å². The molecular formula is C8H17ClNa. The monoisotopic (exact) mass is 171 g/mol. The normalized spacial score (nSPS) is 9.00. The maximum atomic E-state index is 5.51. The Labute approximate surface area is 92.0 Å². The summed E-state index contributed by atoms with van der Waals surface area (Å²) in [4.78, 5) is 0. The molecule has 0 spiro atoms. The molecule has 0 saturated heterocycles. The molecule has 0 aromatic heterocycles. The summed E-state index contributed by atoms with van der Waals surface area (Å²) in [5, 5.41) is 0. The summed E-state index contributed by atoms with van der Waals surface area (Å²) in [6, 6.07) is 0. The maximum absolute atomic E-state index is 5.51. The number of alkyl halides is 1. The van der Waals surface area contributed by atoms with E-state index in [-0.39, 0.29) is 29.6 Å². The zero-order valence-electron chi connectivity index (χ0n) is 7.33. The molecule has 0 aromatic rings. The summed E-state index contributed by atoms with van der Waals surface area (Å²) in [6.07, 6.45) is 8.02. The smallest absolute Gasteiger partial charge is 0.0223 e. The Bertz CT molecular complexity index is 42.5. The molecule has 0 saturated carbocycles. The van der Waals surface area contributed by atoms with Gasteiger partial charge in [0, 0.05) is 35.4 Å². The zero-order chi connectivity index (χ0) is 6.95. The summed E-state index contributed by atoms with van der Waals surface area (Å²) in [6.45, 7) is 2.24. The van der Waals surface area contributed by atoms with E-state index in [4.69, 9.17) is 11.6 Å². The van der Waals surface area contributed by atoms with Gasteiger partial charge >= 0.3 is 0 Å². The molecule has 10 heavy (non-hydrogen) atoms. The van der Waals surface area contributed by atoms with Gasteiger partial charge in [0.15, 0.2) is 0 Å². The van der Waals surface area contributed by atoms with Gasteiger partial charge in [-0.15, -0.1) is 11.6 Å². The van der Waals surface area contributed by atoms with Crippen LogP contribution in [0.3, 0.4) is 0 Å². The minimum atomic E-state index is 0. The van der Waals surface area contributed by atoms with Crippen molar-refractivity contribution in [1.29, 1.82) is 0 Å². The molecule has 0 amide bonds. The van der Waals surface area contributed by atoms with Gasteiger partial charge < -0.3 is 0 Å². The molecular weight excluding hydrogens is 155 g/mol. The quantitative estimate of drug-likeness (QED) is 0.327. The topological polar surface area (TPSA) is 0 Å². The van der Waals surface area contributed by atoms with Crippen LogP contribution in [0.2, 0.25) is 0 Å². The average molecular weight is 172 g/mol. The van der Waals surface area contributed by atoms with Crippen LogP contribution in [0.15, 0.2) is 0 Å². The Hall–Kier alpha value is 1.29. The molecule has 2 heteroatoms. The fourth-order valence-electron chi connectivity index (χ4n) is 0.875. The van der Waals surface area contributed by atoms with Crippen LogP contribution in [-0.2, 0) is 0 Å². The minimum absolute atomic E-state index is 0. The van der Waals surface area contributed by atoms with Gasteiger partial charge in [-0.05, 0) is 6.42 Å². The van der Waals surface area contributed by atoms with Crippen LogP contribution in [-0.4, -0.2) is 35.4 Å². The van der Waals surface area contributed by atoms with Crippen molar-refractivity contribution in [3.63, 3.8) is 0 Å². The standard InChI is InChI=1S/C8H17Cl.Na/c1-2-3-4-5-6-7-8-9;/h2-8H2,1H3;. The van der Waals surface area contributed by atoms with Gasteiger partial charge in [0.2, 0.25) is 0 Å². The first-order valence-electron chi connectivity index (χ1n) is 3.97. The van der Waals surface area contributed by atoms with Gasteiger partial charge in [0.1, 0.15) is 0 Å². The van der Waals surface area contributed by atoms with Crippen LogP contribution in [0, 0.1) is 0 Å². The molecule has 0 aliphatic carbocycles. The van der Waals surface area contributed by atoms with Crippen molar-refractivity contribution in [2.75, 3.05) is 5.88 Å². The van der Waals surface area contributed by atoms with Crippen molar-refractivity contribution < 1.29 is 0 Å². The van der Waals surface area contributed by atoms with Gasteiger partial charge in [0.25, 0.3) is 0 Å². The predicted octanol–water partition coefficient (Wildman–Crippen LogP) is 3.20. The van der Waals surface area contributed by atoms with Crippen molar-refractivity contribution in [2.45, 2.75) is 45.4 Å². The first-order valence-corrected chi connectivity index (χ1v) is 4.51. The third-order valence-corrected chi connectivity index (χ3v) is 1.75. The summed E-state index contributed by atoms with van der Waals surface area (Å²) in [5.41, 5.74) is 0. The van der Waals surface area contributed by atoms with Gasteiger partial charge in [0.05, 0.1) is 0 Å². The maximum Gasteiger partial charge on any atom is 0.0223 e.